The molecule has 1 aliphatic heterocycles. The molecule has 126 valence electrons. The molecule has 0 N–H and O–H groups in total. The highest BCUT2D eigenvalue weighted by molar-refractivity contribution is 6.32. The third kappa shape index (κ3) is 2.99. The first-order valence-corrected chi connectivity index (χ1v) is 8.17. The molecule has 4 rings (SSSR count). The van der Waals surface area contributed by atoms with Crippen LogP contribution in [0.25, 0.3) is 10.9 Å². The average Bonchev–Trinajstić information content (AvgIpc) is 3.27. The summed E-state index contributed by atoms with van der Waals surface area (Å²) in [6.07, 6.45) is 4.73. The van der Waals surface area contributed by atoms with Crippen molar-refractivity contribution in [3.8, 4) is 5.75 Å². The van der Waals surface area contributed by atoms with Gasteiger partial charge >= 0.3 is 0 Å². The molecule has 1 aliphatic rings. The van der Waals surface area contributed by atoms with Crippen molar-refractivity contribution in [3.05, 3.63) is 40.9 Å². The van der Waals surface area contributed by atoms with Gasteiger partial charge < -0.3 is 14.0 Å². The van der Waals surface area contributed by atoms with Crippen molar-refractivity contribution in [2.24, 2.45) is 0 Å². The number of ether oxygens (including phenoxy) is 2. The molecule has 0 spiro atoms. The van der Waals surface area contributed by atoms with E-state index in [9.17, 15) is 0 Å². The molecule has 3 aromatic rings. The highest BCUT2D eigenvalue weighted by Gasteiger charge is 2.19. The molecular formula is C17H18ClN3O3. The van der Waals surface area contributed by atoms with Gasteiger partial charge in [-0.25, -0.2) is 4.68 Å². The predicted molar refractivity (Wildman–Crippen MR) is 89.2 cm³/mol. The van der Waals surface area contributed by atoms with Crippen LogP contribution in [0.4, 0.5) is 0 Å². The number of rotatable bonds is 4. The molecule has 0 radical (unpaired) electrons. The second-order valence-corrected chi connectivity index (χ2v) is 6.13. The van der Waals surface area contributed by atoms with Crippen LogP contribution in [0, 0.1) is 6.85 Å². The zero-order chi connectivity index (χ0) is 19.0. The number of aromatic nitrogens is 3. The first-order chi connectivity index (χ1) is 12.9. The SMILES string of the molecule is [2H]C([2H])([2H])c1cc(COc2cc3c(cnn3C3CCCCO3)cc2Cl)no1. The first kappa shape index (κ1) is 12.3. The number of benzene rings is 1. The number of aryl methyl sites for hydroxylation is 1. The Morgan fingerprint density at radius 1 is 1.42 bits per heavy atom. The van der Waals surface area contributed by atoms with Crippen LogP contribution in [-0.2, 0) is 11.3 Å². The number of halogens is 1. The summed E-state index contributed by atoms with van der Waals surface area (Å²) in [6.45, 7) is -1.58. The Bertz CT molecular complexity index is 948. The average molecular weight is 351 g/mol. The standard InChI is InChI=1S/C17H18ClN3O3/c1-11-6-13(20-24-11)10-23-16-8-15-12(7-14(16)18)9-19-21(15)17-4-2-3-5-22-17/h6-9,17H,2-5,10H2,1H3/i1D3. The van der Waals surface area contributed by atoms with Crippen molar-refractivity contribution in [3.63, 3.8) is 0 Å². The number of fused-ring (bicyclic) bond motifs is 1. The van der Waals surface area contributed by atoms with Gasteiger partial charge in [-0.15, -0.1) is 0 Å². The molecule has 3 heterocycles. The van der Waals surface area contributed by atoms with Gasteiger partial charge in [0.25, 0.3) is 0 Å². The van der Waals surface area contributed by atoms with Gasteiger partial charge in [0.15, 0.2) is 6.23 Å². The maximum atomic E-state index is 7.33. The quantitative estimate of drug-likeness (QED) is 0.703. The lowest BCUT2D eigenvalue weighted by atomic mass is 10.2. The van der Waals surface area contributed by atoms with Crippen molar-refractivity contribution < 1.29 is 18.1 Å². The van der Waals surface area contributed by atoms with Gasteiger partial charge in [-0.3, -0.25) is 0 Å². The molecule has 0 saturated carbocycles. The molecule has 0 bridgehead atoms. The molecule has 24 heavy (non-hydrogen) atoms. The highest BCUT2D eigenvalue weighted by Crippen LogP contribution is 2.33. The molecule has 2 aromatic heterocycles. The highest BCUT2D eigenvalue weighted by atomic mass is 35.5. The zero-order valence-corrected chi connectivity index (χ0v) is 13.6. The first-order valence-electron chi connectivity index (χ1n) is 9.29. The monoisotopic (exact) mass is 350 g/mol. The van der Waals surface area contributed by atoms with Crippen molar-refractivity contribution >= 4 is 22.5 Å². The lowest BCUT2D eigenvalue weighted by molar-refractivity contribution is -0.0366. The van der Waals surface area contributed by atoms with Gasteiger partial charge in [-0.2, -0.15) is 5.10 Å². The Hall–Kier alpha value is -2.05. The summed E-state index contributed by atoms with van der Waals surface area (Å²) >= 11 is 6.32. The van der Waals surface area contributed by atoms with E-state index >= 15 is 0 Å². The summed E-state index contributed by atoms with van der Waals surface area (Å²) in [5, 5.41) is 9.50. The van der Waals surface area contributed by atoms with Crippen molar-refractivity contribution in [2.75, 3.05) is 6.61 Å². The smallest absolute Gasteiger partial charge is 0.150 e. The Labute approximate surface area is 148 Å². The second kappa shape index (κ2) is 6.45. The second-order valence-electron chi connectivity index (χ2n) is 5.72. The van der Waals surface area contributed by atoms with Crippen LogP contribution in [-0.4, -0.2) is 21.5 Å². The summed E-state index contributed by atoms with van der Waals surface area (Å²) in [4.78, 5) is 0. The molecule has 1 aromatic carbocycles. The van der Waals surface area contributed by atoms with E-state index in [1.807, 2.05) is 10.7 Å². The molecule has 0 aliphatic carbocycles. The maximum absolute atomic E-state index is 7.33. The minimum atomic E-state index is -2.34. The van der Waals surface area contributed by atoms with Crippen LogP contribution in [0.5, 0.6) is 5.75 Å². The zero-order valence-electron chi connectivity index (χ0n) is 15.9. The van der Waals surface area contributed by atoms with Gasteiger partial charge in [-0.1, -0.05) is 16.8 Å². The molecule has 1 fully saturated rings. The third-order valence-electron chi connectivity index (χ3n) is 4.01. The summed E-state index contributed by atoms with van der Waals surface area (Å²) in [6, 6.07) is 4.96. The van der Waals surface area contributed by atoms with Gasteiger partial charge in [0.1, 0.15) is 23.8 Å². The van der Waals surface area contributed by atoms with Crippen molar-refractivity contribution in [1.29, 1.82) is 0 Å². The van der Waals surface area contributed by atoms with E-state index in [1.54, 1.807) is 12.3 Å². The molecule has 1 saturated heterocycles. The summed E-state index contributed by atoms with van der Waals surface area (Å²) < 4.78 is 40.2. The Morgan fingerprint density at radius 2 is 2.38 bits per heavy atom. The van der Waals surface area contributed by atoms with Gasteiger partial charge in [0.2, 0.25) is 0 Å². The summed E-state index contributed by atoms with van der Waals surface area (Å²) in [5.74, 6) is 0.287. The molecule has 1 unspecified atom stereocenters. The van der Waals surface area contributed by atoms with E-state index < -0.39 is 6.85 Å². The van der Waals surface area contributed by atoms with E-state index in [-0.39, 0.29) is 18.6 Å². The molecule has 7 heteroatoms. The van der Waals surface area contributed by atoms with Gasteiger partial charge in [0, 0.05) is 28.2 Å². The Kier molecular flexibility index (Phi) is 3.32. The van der Waals surface area contributed by atoms with Crippen LogP contribution in [0.3, 0.4) is 0 Å². The molecule has 1 atom stereocenters. The minimum Gasteiger partial charge on any atom is -0.486 e. The Balaban J connectivity index is 1.56. The van der Waals surface area contributed by atoms with E-state index in [0.29, 0.717) is 16.5 Å². The summed E-state index contributed by atoms with van der Waals surface area (Å²) in [5.41, 5.74) is 1.24. The van der Waals surface area contributed by atoms with E-state index in [2.05, 4.69) is 10.3 Å². The van der Waals surface area contributed by atoms with Gasteiger partial charge in [0.05, 0.1) is 16.7 Å². The Morgan fingerprint density at radius 3 is 3.17 bits per heavy atom. The lowest BCUT2D eigenvalue weighted by Crippen LogP contribution is -2.18. The molecule has 6 nitrogen and oxygen atoms in total. The van der Waals surface area contributed by atoms with Crippen LogP contribution in [0.15, 0.2) is 28.9 Å². The van der Waals surface area contributed by atoms with Crippen molar-refractivity contribution in [1.82, 2.24) is 14.9 Å². The fourth-order valence-electron chi connectivity index (χ4n) is 2.83. The van der Waals surface area contributed by atoms with E-state index in [4.69, 9.17) is 29.7 Å². The van der Waals surface area contributed by atoms with Crippen LogP contribution in [0.1, 0.15) is 41.1 Å². The number of nitrogens with zero attached hydrogens (tertiary/aromatic N) is 3. The van der Waals surface area contributed by atoms with Crippen LogP contribution in [0.2, 0.25) is 5.02 Å². The topological polar surface area (TPSA) is 62.3 Å². The lowest BCUT2D eigenvalue weighted by Gasteiger charge is -2.23. The fourth-order valence-corrected chi connectivity index (χ4v) is 3.06. The number of hydrogen-bond donors (Lipinski definition) is 0. The normalized spacial score (nSPS) is 20.5. The molecular weight excluding hydrogens is 330 g/mol. The number of hydrogen-bond acceptors (Lipinski definition) is 5. The maximum Gasteiger partial charge on any atom is 0.150 e. The van der Waals surface area contributed by atoms with Gasteiger partial charge in [-0.05, 0) is 32.2 Å². The molecule has 0 amide bonds. The van der Waals surface area contributed by atoms with E-state index in [0.717, 1.165) is 36.8 Å². The predicted octanol–water partition coefficient (Wildman–Crippen LogP) is 4.26. The van der Waals surface area contributed by atoms with Crippen LogP contribution < -0.4 is 4.74 Å². The third-order valence-corrected chi connectivity index (χ3v) is 4.31. The summed E-state index contributed by atoms with van der Waals surface area (Å²) in [7, 11) is 0. The van der Waals surface area contributed by atoms with E-state index in [1.165, 1.54) is 6.07 Å². The largest absolute Gasteiger partial charge is 0.486 e. The van der Waals surface area contributed by atoms with Crippen LogP contribution >= 0.6 is 11.6 Å². The fraction of sp³-hybridized carbons (Fsp3) is 0.412. The van der Waals surface area contributed by atoms with Crippen molar-refractivity contribution in [2.45, 2.75) is 38.9 Å². The minimum absolute atomic E-state index is 0.0405.